The summed E-state index contributed by atoms with van der Waals surface area (Å²) >= 11 is 0. The van der Waals surface area contributed by atoms with Crippen LogP contribution in [-0.2, 0) is 19.1 Å². The number of allylic oxidation sites excluding steroid dienone is 1. The molecule has 3 unspecified atom stereocenters. The molecular weight excluding hydrogens is 679 g/mol. The normalized spacial score (nSPS) is 39.3. The second-order valence-corrected chi connectivity index (χ2v) is 20.8. The van der Waals surface area contributed by atoms with Gasteiger partial charge >= 0.3 is 11.9 Å². The van der Waals surface area contributed by atoms with Crippen LogP contribution in [0.5, 0.6) is 0 Å². The molecule has 5 aliphatic carbocycles. The Kier molecular flexibility index (Phi) is 13.2. The molecule has 12 atom stereocenters. The lowest BCUT2D eigenvalue weighted by atomic mass is 9.32. The van der Waals surface area contributed by atoms with Gasteiger partial charge in [-0.3, -0.25) is 14.4 Å². The van der Waals surface area contributed by atoms with Gasteiger partial charge in [-0.15, -0.1) is 0 Å². The zero-order chi connectivity index (χ0) is 39.9. The number of aliphatic hydroxyl groups is 2. The van der Waals surface area contributed by atoms with Crippen LogP contribution in [0.3, 0.4) is 0 Å². The molecule has 0 aromatic heterocycles. The maximum atomic E-state index is 14.5. The summed E-state index contributed by atoms with van der Waals surface area (Å²) in [6.45, 7) is 23.8. The SMILES string of the molecule is C=C(C)C1CC[C@]2(C(=O)NCCCCCCCC(=O)O[C@@H](CC(C)C)[C@@H](O)CC(=O)O)CC[C@]3(C)[C@H](CCC4[C@@]5(C)CCC(O)C(C)(C)[C@@H]5CC[C@]43C)[C@@H]12. The molecule has 54 heavy (non-hydrogen) atoms. The number of carbonyl (C=O) groups excluding carboxylic acids is 2. The molecule has 8 nitrogen and oxygen atoms in total. The lowest BCUT2D eigenvalue weighted by Gasteiger charge is -2.72. The highest BCUT2D eigenvalue weighted by Crippen LogP contribution is 2.77. The van der Waals surface area contributed by atoms with E-state index in [9.17, 15) is 24.6 Å². The van der Waals surface area contributed by atoms with E-state index >= 15 is 0 Å². The van der Waals surface area contributed by atoms with Crippen LogP contribution in [0.1, 0.15) is 171 Å². The van der Waals surface area contributed by atoms with Crippen LogP contribution in [-0.4, -0.2) is 58.0 Å². The molecule has 0 saturated heterocycles. The fourth-order valence-electron chi connectivity index (χ4n) is 14.1. The number of hydrogen-bond donors (Lipinski definition) is 4. The van der Waals surface area contributed by atoms with Crippen molar-refractivity contribution in [1.29, 1.82) is 0 Å². The number of ether oxygens (including phenoxy) is 1. The number of amides is 1. The van der Waals surface area contributed by atoms with Crippen molar-refractivity contribution in [2.24, 2.45) is 62.6 Å². The Morgan fingerprint density at radius 3 is 2.19 bits per heavy atom. The number of esters is 1. The molecule has 0 spiro atoms. The molecule has 0 aromatic rings. The van der Waals surface area contributed by atoms with Crippen LogP contribution < -0.4 is 5.32 Å². The lowest BCUT2D eigenvalue weighted by Crippen LogP contribution is -2.67. The predicted molar refractivity (Wildman–Crippen MR) is 213 cm³/mol. The van der Waals surface area contributed by atoms with E-state index in [4.69, 9.17) is 9.84 Å². The van der Waals surface area contributed by atoms with Gasteiger partial charge in [0.25, 0.3) is 0 Å². The van der Waals surface area contributed by atoms with Crippen molar-refractivity contribution in [2.45, 2.75) is 189 Å². The monoisotopic (exact) mass is 756 g/mol. The van der Waals surface area contributed by atoms with E-state index in [2.05, 4.69) is 53.4 Å². The van der Waals surface area contributed by atoms with E-state index in [1.807, 2.05) is 13.8 Å². The van der Waals surface area contributed by atoms with Gasteiger partial charge in [-0.1, -0.05) is 79.9 Å². The largest absolute Gasteiger partial charge is 0.481 e. The molecule has 308 valence electrons. The number of carboxylic acid groups (broad SMARTS) is 1. The summed E-state index contributed by atoms with van der Waals surface area (Å²) in [6, 6.07) is 0. The number of aliphatic hydroxyl groups excluding tert-OH is 2. The second kappa shape index (κ2) is 16.5. The Morgan fingerprint density at radius 2 is 1.52 bits per heavy atom. The van der Waals surface area contributed by atoms with E-state index < -0.39 is 24.6 Å². The van der Waals surface area contributed by atoms with Crippen molar-refractivity contribution in [3.63, 3.8) is 0 Å². The van der Waals surface area contributed by atoms with Crippen LogP contribution in [0.25, 0.3) is 0 Å². The van der Waals surface area contributed by atoms with Gasteiger partial charge in [0, 0.05) is 13.0 Å². The van der Waals surface area contributed by atoms with Gasteiger partial charge in [-0.05, 0) is 148 Å². The topological polar surface area (TPSA) is 133 Å². The van der Waals surface area contributed by atoms with Crippen molar-refractivity contribution >= 4 is 17.8 Å². The number of unbranched alkanes of at least 4 members (excludes halogenated alkanes) is 4. The van der Waals surface area contributed by atoms with E-state index in [1.54, 1.807) is 0 Å². The average molecular weight is 756 g/mol. The highest BCUT2D eigenvalue weighted by Gasteiger charge is 2.71. The van der Waals surface area contributed by atoms with Crippen molar-refractivity contribution in [3.05, 3.63) is 12.2 Å². The van der Waals surface area contributed by atoms with E-state index in [0.717, 1.165) is 64.2 Å². The van der Waals surface area contributed by atoms with Gasteiger partial charge in [0.15, 0.2) is 0 Å². The van der Waals surface area contributed by atoms with Gasteiger partial charge in [0.05, 0.1) is 17.9 Å². The van der Waals surface area contributed by atoms with Crippen molar-refractivity contribution in [1.82, 2.24) is 5.32 Å². The minimum Gasteiger partial charge on any atom is -0.481 e. The minimum atomic E-state index is -1.21. The minimum absolute atomic E-state index is 0.0513. The Morgan fingerprint density at radius 1 is 0.833 bits per heavy atom. The fourth-order valence-corrected chi connectivity index (χ4v) is 14.1. The molecule has 4 N–H and O–H groups in total. The molecule has 0 bridgehead atoms. The maximum Gasteiger partial charge on any atom is 0.306 e. The maximum absolute atomic E-state index is 14.5. The van der Waals surface area contributed by atoms with Crippen LogP contribution in [0.4, 0.5) is 0 Å². The molecule has 5 aliphatic rings. The third-order valence-corrected chi connectivity index (χ3v) is 17.1. The number of rotatable bonds is 16. The number of fused-ring (bicyclic) bond motifs is 7. The first-order valence-corrected chi connectivity index (χ1v) is 22.0. The third-order valence-electron chi connectivity index (χ3n) is 17.1. The van der Waals surface area contributed by atoms with Crippen LogP contribution in [0.2, 0.25) is 0 Å². The molecule has 5 fully saturated rings. The van der Waals surface area contributed by atoms with Gasteiger partial charge in [-0.25, -0.2) is 0 Å². The number of carbonyl (C=O) groups is 3. The second-order valence-electron chi connectivity index (χ2n) is 20.8. The summed E-state index contributed by atoms with van der Waals surface area (Å²) in [5, 5.41) is 33.8. The number of carboxylic acids is 1. The number of aliphatic carboxylic acids is 1. The third kappa shape index (κ3) is 7.83. The zero-order valence-corrected chi connectivity index (χ0v) is 35.3. The lowest BCUT2D eigenvalue weighted by molar-refractivity contribution is -0.246. The van der Waals surface area contributed by atoms with Gasteiger partial charge in [-0.2, -0.15) is 0 Å². The van der Waals surface area contributed by atoms with Crippen molar-refractivity contribution in [2.75, 3.05) is 6.54 Å². The van der Waals surface area contributed by atoms with E-state index in [0.29, 0.717) is 49.0 Å². The first kappa shape index (κ1) is 43.2. The number of hydrogen-bond acceptors (Lipinski definition) is 6. The van der Waals surface area contributed by atoms with Crippen LogP contribution in [0, 0.1) is 62.6 Å². The quantitative estimate of drug-likeness (QED) is 0.0701. The summed E-state index contributed by atoms with van der Waals surface area (Å²) < 4.78 is 5.50. The molecule has 0 aromatic carbocycles. The summed E-state index contributed by atoms with van der Waals surface area (Å²) in [4.78, 5) is 38.0. The Labute approximate surface area is 327 Å². The van der Waals surface area contributed by atoms with E-state index in [-0.39, 0.29) is 57.4 Å². The van der Waals surface area contributed by atoms with E-state index in [1.165, 1.54) is 31.3 Å². The summed E-state index contributed by atoms with van der Waals surface area (Å²) in [5.74, 6) is 1.37. The first-order valence-electron chi connectivity index (χ1n) is 22.0. The summed E-state index contributed by atoms with van der Waals surface area (Å²) in [6.07, 6.45) is 13.4. The van der Waals surface area contributed by atoms with Crippen LogP contribution >= 0.6 is 0 Å². The number of nitrogens with one attached hydrogen (secondary N) is 1. The fraction of sp³-hybridized carbons (Fsp3) is 0.891. The molecule has 5 saturated carbocycles. The van der Waals surface area contributed by atoms with Crippen molar-refractivity contribution in [3.8, 4) is 0 Å². The highest BCUT2D eigenvalue weighted by atomic mass is 16.6. The average Bonchev–Trinajstić information content (AvgIpc) is 3.49. The molecule has 1 amide bonds. The first-order chi connectivity index (χ1) is 25.2. The van der Waals surface area contributed by atoms with Crippen LogP contribution in [0.15, 0.2) is 12.2 Å². The molecule has 0 heterocycles. The summed E-state index contributed by atoms with van der Waals surface area (Å²) in [5.41, 5.74) is 1.52. The Bertz CT molecular complexity index is 1380. The molecule has 0 aliphatic heterocycles. The highest BCUT2D eigenvalue weighted by molar-refractivity contribution is 5.84. The zero-order valence-electron chi connectivity index (χ0n) is 35.3. The molecule has 5 rings (SSSR count). The van der Waals surface area contributed by atoms with Crippen molar-refractivity contribution < 1.29 is 34.4 Å². The molecule has 0 radical (unpaired) electrons. The van der Waals surface area contributed by atoms with Gasteiger partial charge in [0.2, 0.25) is 5.91 Å². The molecular formula is C46H77NO7. The van der Waals surface area contributed by atoms with Gasteiger partial charge in [0.1, 0.15) is 12.2 Å². The van der Waals surface area contributed by atoms with Gasteiger partial charge < -0.3 is 25.4 Å². The Balaban J connectivity index is 1.15. The standard InChI is InChI=1S/C46H77NO7/c1-29(2)27-34(33(48)28-38(50)51)54-39(52)15-13-11-10-12-14-26-47-41(53)46-23-18-31(30(3)4)40(46)32-16-17-36-43(7)21-20-37(49)42(5,6)35(43)19-22-45(36,9)44(32,8)24-25-46/h29,31-37,40,48-49H,3,10-28H2,1-2,4-9H3,(H,47,53)(H,50,51)/t31?,32-,33+,34+,35+,36?,37?,40-,43+,44-,45-,46+/m1/s1. The molecule has 8 heteroatoms. The predicted octanol–water partition coefficient (Wildman–Crippen LogP) is 9.26. The summed E-state index contributed by atoms with van der Waals surface area (Å²) in [7, 11) is 0. The Hall–Kier alpha value is -1.93. The smallest absolute Gasteiger partial charge is 0.306 e.